The summed E-state index contributed by atoms with van der Waals surface area (Å²) < 4.78 is 6.19. The van der Waals surface area contributed by atoms with Crippen molar-refractivity contribution in [3.05, 3.63) is 35.4 Å². The largest absolute Gasteiger partial charge is 0.378 e. The summed E-state index contributed by atoms with van der Waals surface area (Å²) in [6.07, 6.45) is 4.09. The van der Waals surface area contributed by atoms with Crippen LogP contribution in [0.1, 0.15) is 64.0 Å². The van der Waals surface area contributed by atoms with Gasteiger partial charge in [0.15, 0.2) is 0 Å². The van der Waals surface area contributed by atoms with Crippen LogP contribution in [0.15, 0.2) is 24.3 Å². The van der Waals surface area contributed by atoms with Crippen LogP contribution in [0, 0.1) is 5.92 Å². The SMILES string of the molecule is CC(C)CN1CCC(OCCCN2CCN(Cc3ccc(C(C)C)cc3)CC2)CC1. The number of likely N-dealkylation sites (tertiary alicyclic amines) is 1. The Morgan fingerprint density at radius 1 is 0.833 bits per heavy atom. The third-order valence-corrected chi connectivity index (χ3v) is 6.65. The van der Waals surface area contributed by atoms with E-state index in [0.29, 0.717) is 12.0 Å². The van der Waals surface area contributed by atoms with Crippen LogP contribution in [0.5, 0.6) is 0 Å². The Bertz CT molecular complexity index is 585. The summed E-state index contributed by atoms with van der Waals surface area (Å²) in [7, 11) is 0. The average Bonchev–Trinajstić information content (AvgIpc) is 2.73. The first-order valence-corrected chi connectivity index (χ1v) is 12.4. The van der Waals surface area contributed by atoms with Crippen molar-refractivity contribution in [1.82, 2.24) is 14.7 Å². The lowest BCUT2D eigenvalue weighted by Crippen LogP contribution is -2.46. The van der Waals surface area contributed by atoms with Gasteiger partial charge >= 0.3 is 0 Å². The molecule has 2 aliphatic heterocycles. The van der Waals surface area contributed by atoms with Gasteiger partial charge in [-0.2, -0.15) is 0 Å². The Balaban J connectivity index is 1.24. The fourth-order valence-electron chi connectivity index (χ4n) is 4.75. The molecule has 0 bridgehead atoms. The van der Waals surface area contributed by atoms with Crippen molar-refractivity contribution in [2.75, 3.05) is 59.0 Å². The Morgan fingerprint density at radius 3 is 2.07 bits per heavy atom. The fourth-order valence-corrected chi connectivity index (χ4v) is 4.75. The molecule has 0 atom stereocenters. The molecule has 4 heteroatoms. The molecule has 0 radical (unpaired) electrons. The normalized spacial score (nSPS) is 20.5. The molecule has 170 valence electrons. The van der Waals surface area contributed by atoms with Crippen LogP contribution >= 0.6 is 0 Å². The van der Waals surface area contributed by atoms with Gasteiger partial charge in [0, 0.05) is 65.5 Å². The number of piperazine rings is 1. The zero-order valence-corrected chi connectivity index (χ0v) is 20.0. The molecule has 0 aromatic heterocycles. The summed E-state index contributed by atoms with van der Waals surface area (Å²) in [5.74, 6) is 1.39. The van der Waals surface area contributed by atoms with Crippen LogP contribution in [0.3, 0.4) is 0 Å². The van der Waals surface area contributed by atoms with Crippen molar-refractivity contribution in [2.45, 2.75) is 65.5 Å². The summed E-state index contributed by atoms with van der Waals surface area (Å²) in [5, 5.41) is 0. The predicted molar refractivity (Wildman–Crippen MR) is 127 cm³/mol. The van der Waals surface area contributed by atoms with Gasteiger partial charge in [-0.25, -0.2) is 0 Å². The highest BCUT2D eigenvalue weighted by molar-refractivity contribution is 5.24. The molecule has 2 heterocycles. The van der Waals surface area contributed by atoms with E-state index in [0.717, 1.165) is 19.1 Å². The number of piperidine rings is 1. The van der Waals surface area contributed by atoms with Crippen LogP contribution in [-0.2, 0) is 11.3 Å². The first-order valence-electron chi connectivity index (χ1n) is 12.4. The van der Waals surface area contributed by atoms with Gasteiger partial charge in [0.1, 0.15) is 0 Å². The maximum atomic E-state index is 6.19. The smallest absolute Gasteiger partial charge is 0.0599 e. The maximum absolute atomic E-state index is 6.19. The number of hydrogen-bond donors (Lipinski definition) is 0. The zero-order chi connectivity index (χ0) is 21.3. The Kier molecular flexibility index (Phi) is 9.64. The minimum Gasteiger partial charge on any atom is -0.378 e. The highest BCUT2D eigenvalue weighted by atomic mass is 16.5. The van der Waals surface area contributed by atoms with Crippen molar-refractivity contribution in [1.29, 1.82) is 0 Å². The second kappa shape index (κ2) is 12.2. The highest BCUT2D eigenvalue weighted by Crippen LogP contribution is 2.17. The van der Waals surface area contributed by atoms with Crippen molar-refractivity contribution in [3.8, 4) is 0 Å². The summed E-state index contributed by atoms with van der Waals surface area (Å²) >= 11 is 0. The first-order chi connectivity index (χ1) is 14.5. The van der Waals surface area contributed by atoms with Crippen LogP contribution in [0.25, 0.3) is 0 Å². The van der Waals surface area contributed by atoms with Crippen LogP contribution < -0.4 is 0 Å². The minimum absolute atomic E-state index is 0.493. The second-order valence-electron chi connectivity index (χ2n) is 10.1. The molecule has 0 N–H and O–H groups in total. The third kappa shape index (κ3) is 7.96. The van der Waals surface area contributed by atoms with E-state index in [-0.39, 0.29) is 0 Å². The zero-order valence-electron chi connectivity index (χ0n) is 20.0. The Labute approximate surface area is 185 Å². The third-order valence-electron chi connectivity index (χ3n) is 6.65. The minimum atomic E-state index is 0.493. The Hall–Kier alpha value is -0.940. The fraction of sp³-hybridized carbons (Fsp3) is 0.769. The van der Waals surface area contributed by atoms with Crippen LogP contribution in [0.4, 0.5) is 0 Å². The maximum Gasteiger partial charge on any atom is 0.0599 e. The van der Waals surface area contributed by atoms with Gasteiger partial charge in [-0.1, -0.05) is 52.0 Å². The molecule has 3 rings (SSSR count). The van der Waals surface area contributed by atoms with Crippen molar-refractivity contribution < 1.29 is 4.74 Å². The Morgan fingerprint density at radius 2 is 1.47 bits per heavy atom. The molecular weight excluding hydrogens is 370 g/mol. The van der Waals surface area contributed by atoms with E-state index >= 15 is 0 Å². The lowest BCUT2D eigenvalue weighted by atomic mass is 10.0. The molecule has 0 saturated carbocycles. The standard InChI is InChI=1S/C26H45N3O/c1-22(2)20-28-13-10-26(11-14-28)30-19-5-12-27-15-17-29(18-16-27)21-24-6-8-25(9-7-24)23(3)4/h6-9,22-23,26H,5,10-21H2,1-4H3. The summed E-state index contributed by atoms with van der Waals surface area (Å²) in [6, 6.07) is 9.22. The van der Waals surface area contributed by atoms with E-state index in [4.69, 9.17) is 4.74 Å². The van der Waals surface area contributed by atoms with E-state index in [1.807, 2.05) is 0 Å². The molecule has 0 unspecified atom stereocenters. The average molecular weight is 416 g/mol. The lowest BCUT2D eigenvalue weighted by molar-refractivity contribution is 0.000531. The molecule has 2 aliphatic rings. The number of rotatable bonds is 10. The molecule has 2 saturated heterocycles. The second-order valence-corrected chi connectivity index (χ2v) is 10.1. The molecule has 4 nitrogen and oxygen atoms in total. The topological polar surface area (TPSA) is 19.0 Å². The number of benzene rings is 1. The van der Waals surface area contributed by atoms with E-state index in [2.05, 4.69) is 66.7 Å². The van der Waals surface area contributed by atoms with Crippen molar-refractivity contribution >= 4 is 0 Å². The van der Waals surface area contributed by atoms with Gasteiger partial charge in [-0.15, -0.1) is 0 Å². The van der Waals surface area contributed by atoms with Gasteiger partial charge in [-0.3, -0.25) is 4.90 Å². The number of ether oxygens (including phenoxy) is 1. The van der Waals surface area contributed by atoms with E-state index in [1.165, 1.54) is 82.7 Å². The summed E-state index contributed by atoms with van der Waals surface area (Å²) in [6.45, 7) is 20.8. The monoisotopic (exact) mass is 415 g/mol. The van der Waals surface area contributed by atoms with Gasteiger partial charge in [0.05, 0.1) is 6.10 Å². The number of nitrogens with zero attached hydrogens (tertiary/aromatic N) is 3. The molecule has 2 fully saturated rings. The van der Waals surface area contributed by atoms with Gasteiger partial charge < -0.3 is 14.5 Å². The van der Waals surface area contributed by atoms with E-state index in [9.17, 15) is 0 Å². The highest BCUT2D eigenvalue weighted by Gasteiger charge is 2.20. The molecule has 1 aromatic carbocycles. The van der Waals surface area contributed by atoms with E-state index in [1.54, 1.807) is 0 Å². The van der Waals surface area contributed by atoms with E-state index < -0.39 is 0 Å². The molecular formula is C26H45N3O. The van der Waals surface area contributed by atoms with Crippen LogP contribution in [-0.4, -0.2) is 79.8 Å². The molecule has 30 heavy (non-hydrogen) atoms. The van der Waals surface area contributed by atoms with Gasteiger partial charge in [-0.05, 0) is 42.2 Å². The summed E-state index contributed by atoms with van der Waals surface area (Å²) in [5.41, 5.74) is 2.88. The molecule has 0 spiro atoms. The van der Waals surface area contributed by atoms with Gasteiger partial charge in [0.25, 0.3) is 0 Å². The summed E-state index contributed by atoms with van der Waals surface area (Å²) in [4.78, 5) is 7.82. The van der Waals surface area contributed by atoms with Gasteiger partial charge in [0.2, 0.25) is 0 Å². The van der Waals surface area contributed by atoms with Crippen molar-refractivity contribution in [3.63, 3.8) is 0 Å². The number of hydrogen-bond acceptors (Lipinski definition) is 4. The van der Waals surface area contributed by atoms with Crippen LogP contribution in [0.2, 0.25) is 0 Å². The predicted octanol–water partition coefficient (Wildman–Crippen LogP) is 4.45. The molecule has 0 aliphatic carbocycles. The molecule has 1 aromatic rings. The molecule has 0 amide bonds. The lowest BCUT2D eigenvalue weighted by Gasteiger charge is -2.35. The first kappa shape index (κ1) is 23.7. The van der Waals surface area contributed by atoms with Crippen molar-refractivity contribution in [2.24, 2.45) is 5.92 Å². The quantitative estimate of drug-likeness (QED) is 0.525.